The van der Waals surface area contributed by atoms with E-state index in [9.17, 15) is 4.79 Å². The second-order valence-corrected chi connectivity index (χ2v) is 5.61. The first kappa shape index (κ1) is 16.1. The van der Waals surface area contributed by atoms with Gasteiger partial charge in [-0.1, -0.05) is 24.3 Å². The van der Waals surface area contributed by atoms with E-state index in [2.05, 4.69) is 16.6 Å². The van der Waals surface area contributed by atoms with E-state index in [-0.39, 0.29) is 5.91 Å². The van der Waals surface area contributed by atoms with Crippen LogP contribution in [-0.2, 0) is 6.42 Å². The Hall–Kier alpha value is -2.82. The fourth-order valence-corrected chi connectivity index (χ4v) is 2.84. The maximum Gasteiger partial charge on any atom is 0.271 e. The summed E-state index contributed by atoms with van der Waals surface area (Å²) in [5, 5.41) is 4.35. The Balaban J connectivity index is 1.81. The number of hydrogen-bond donors (Lipinski definition) is 1. The fraction of sp³-hybridized carbons (Fsp3) is 0.263. The van der Waals surface area contributed by atoms with Crippen molar-refractivity contribution in [1.29, 1.82) is 0 Å². The third kappa shape index (κ3) is 3.40. The molecule has 3 rings (SSSR count). The molecule has 24 heavy (non-hydrogen) atoms. The van der Waals surface area contributed by atoms with E-state index in [4.69, 9.17) is 9.47 Å². The molecule has 2 aromatic carbocycles. The molecule has 0 aliphatic heterocycles. The molecule has 0 atom stereocenters. The van der Waals surface area contributed by atoms with Crippen LogP contribution in [0, 0.1) is 0 Å². The first-order chi connectivity index (χ1) is 11.7. The Morgan fingerprint density at radius 2 is 1.75 bits per heavy atom. The molecule has 0 spiro atoms. The van der Waals surface area contributed by atoms with E-state index >= 15 is 0 Å². The van der Waals surface area contributed by atoms with E-state index < -0.39 is 0 Å². The Kier molecular flexibility index (Phi) is 4.79. The zero-order valence-corrected chi connectivity index (χ0v) is 13.8. The van der Waals surface area contributed by atoms with Gasteiger partial charge in [0.05, 0.1) is 19.9 Å². The van der Waals surface area contributed by atoms with Crippen LogP contribution in [0.3, 0.4) is 0 Å². The van der Waals surface area contributed by atoms with Crippen molar-refractivity contribution in [3.8, 4) is 11.5 Å². The molecule has 0 saturated heterocycles. The molecule has 0 heterocycles. The quantitative estimate of drug-likeness (QED) is 0.879. The molecular formula is C19H20N2O3. The Morgan fingerprint density at radius 1 is 1.04 bits per heavy atom. The summed E-state index contributed by atoms with van der Waals surface area (Å²) in [5.41, 5.74) is 6.41. The van der Waals surface area contributed by atoms with E-state index in [1.165, 1.54) is 5.56 Å². The molecular weight excluding hydrogens is 304 g/mol. The number of hydrogen-bond acceptors (Lipinski definition) is 4. The average molecular weight is 324 g/mol. The maximum absolute atomic E-state index is 12.4. The minimum absolute atomic E-state index is 0.289. The molecule has 0 saturated carbocycles. The number of rotatable bonds is 4. The Labute approximate surface area is 141 Å². The van der Waals surface area contributed by atoms with E-state index in [1.54, 1.807) is 32.4 Å². The summed E-state index contributed by atoms with van der Waals surface area (Å²) >= 11 is 0. The van der Waals surface area contributed by atoms with Crippen molar-refractivity contribution in [2.45, 2.75) is 19.3 Å². The van der Waals surface area contributed by atoms with Crippen LogP contribution in [0.15, 0.2) is 47.6 Å². The minimum atomic E-state index is -0.289. The lowest BCUT2D eigenvalue weighted by Gasteiger charge is -2.17. The van der Waals surface area contributed by atoms with Crippen LogP contribution < -0.4 is 14.9 Å². The summed E-state index contributed by atoms with van der Waals surface area (Å²) in [6, 6.07) is 13.2. The number of carbonyl (C=O) groups is 1. The molecule has 5 nitrogen and oxygen atoms in total. The number of hydrazone groups is 1. The van der Waals surface area contributed by atoms with Crippen molar-refractivity contribution >= 4 is 11.6 Å². The van der Waals surface area contributed by atoms with Crippen molar-refractivity contribution < 1.29 is 14.3 Å². The van der Waals surface area contributed by atoms with Crippen LogP contribution in [-0.4, -0.2) is 25.8 Å². The zero-order valence-electron chi connectivity index (χ0n) is 13.8. The number of benzene rings is 2. The van der Waals surface area contributed by atoms with Crippen LogP contribution in [0.1, 0.15) is 34.3 Å². The molecule has 1 aliphatic carbocycles. The molecule has 0 bridgehead atoms. The topological polar surface area (TPSA) is 59.9 Å². The predicted octanol–water partition coefficient (Wildman–Crippen LogP) is 3.17. The van der Waals surface area contributed by atoms with Gasteiger partial charge in [0, 0.05) is 17.2 Å². The lowest BCUT2D eigenvalue weighted by molar-refractivity contribution is 0.0954. The van der Waals surface area contributed by atoms with Gasteiger partial charge in [0.15, 0.2) is 0 Å². The average Bonchev–Trinajstić information content (AvgIpc) is 2.65. The summed E-state index contributed by atoms with van der Waals surface area (Å²) in [7, 11) is 3.10. The van der Waals surface area contributed by atoms with Crippen molar-refractivity contribution in [2.75, 3.05) is 14.2 Å². The highest BCUT2D eigenvalue weighted by Gasteiger charge is 2.16. The molecule has 124 valence electrons. The van der Waals surface area contributed by atoms with Crippen LogP contribution in [0.25, 0.3) is 0 Å². The van der Waals surface area contributed by atoms with Crippen LogP contribution in [0.5, 0.6) is 11.5 Å². The maximum atomic E-state index is 12.4. The largest absolute Gasteiger partial charge is 0.497 e. The number of fused-ring (bicyclic) bond motifs is 1. The van der Waals surface area contributed by atoms with Gasteiger partial charge in [0.1, 0.15) is 11.5 Å². The van der Waals surface area contributed by atoms with Gasteiger partial charge in [-0.05, 0) is 37.0 Å². The summed E-state index contributed by atoms with van der Waals surface area (Å²) in [5.74, 6) is 0.841. The molecule has 0 radical (unpaired) electrons. The first-order valence-electron chi connectivity index (χ1n) is 7.89. The van der Waals surface area contributed by atoms with E-state index in [1.807, 2.05) is 18.2 Å². The number of nitrogens with zero attached hydrogens (tertiary/aromatic N) is 1. The van der Waals surface area contributed by atoms with Crippen LogP contribution in [0.2, 0.25) is 0 Å². The smallest absolute Gasteiger partial charge is 0.271 e. The number of amides is 1. The highest BCUT2D eigenvalue weighted by molar-refractivity contribution is 6.04. The molecule has 1 amide bonds. The highest BCUT2D eigenvalue weighted by Crippen LogP contribution is 2.23. The second-order valence-electron chi connectivity index (χ2n) is 5.61. The molecule has 0 unspecified atom stereocenters. The fourth-order valence-electron chi connectivity index (χ4n) is 2.84. The lowest BCUT2D eigenvalue weighted by Crippen LogP contribution is -2.22. The van der Waals surface area contributed by atoms with Gasteiger partial charge in [-0.3, -0.25) is 4.79 Å². The van der Waals surface area contributed by atoms with Crippen molar-refractivity contribution in [2.24, 2.45) is 5.10 Å². The van der Waals surface area contributed by atoms with Crippen LogP contribution >= 0.6 is 0 Å². The number of carbonyl (C=O) groups excluding carboxylic acids is 1. The first-order valence-corrected chi connectivity index (χ1v) is 7.89. The van der Waals surface area contributed by atoms with E-state index in [0.717, 1.165) is 30.5 Å². The number of nitrogens with one attached hydrogen (secondary N) is 1. The normalized spacial score (nSPS) is 14.8. The summed E-state index contributed by atoms with van der Waals surface area (Å²) in [4.78, 5) is 12.4. The van der Waals surface area contributed by atoms with Gasteiger partial charge >= 0.3 is 0 Å². The molecule has 1 aliphatic rings. The standard InChI is InChI=1S/C19H20N2O3/c1-23-15-10-14(11-16(12-15)24-2)19(22)21-20-18-9-5-7-13-6-3-4-8-17(13)18/h3-4,6,8,10-12H,5,7,9H2,1-2H3,(H,21,22)/b20-18-. The zero-order chi connectivity index (χ0) is 16.9. The third-order valence-corrected chi connectivity index (χ3v) is 4.09. The molecule has 2 aromatic rings. The molecule has 5 heteroatoms. The highest BCUT2D eigenvalue weighted by atomic mass is 16.5. The Morgan fingerprint density at radius 3 is 2.46 bits per heavy atom. The molecule has 0 aromatic heterocycles. The van der Waals surface area contributed by atoms with Gasteiger partial charge in [0.2, 0.25) is 0 Å². The predicted molar refractivity (Wildman–Crippen MR) is 92.9 cm³/mol. The molecule has 0 fully saturated rings. The Bertz CT molecular complexity index is 762. The van der Waals surface area contributed by atoms with Gasteiger partial charge < -0.3 is 9.47 Å². The minimum Gasteiger partial charge on any atom is -0.497 e. The van der Waals surface area contributed by atoms with Crippen molar-refractivity contribution in [3.63, 3.8) is 0 Å². The molecule has 1 N–H and O–H groups in total. The van der Waals surface area contributed by atoms with E-state index in [0.29, 0.717) is 17.1 Å². The van der Waals surface area contributed by atoms with Crippen LogP contribution in [0.4, 0.5) is 0 Å². The second kappa shape index (κ2) is 7.17. The number of methoxy groups -OCH3 is 2. The number of aryl methyl sites for hydroxylation is 1. The van der Waals surface area contributed by atoms with Gasteiger partial charge in [-0.2, -0.15) is 5.10 Å². The van der Waals surface area contributed by atoms with Crippen molar-refractivity contribution in [3.05, 3.63) is 59.2 Å². The third-order valence-electron chi connectivity index (χ3n) is 4.09. The van der Waals surface area contributed by atoms with Gasteiger partial charge in [0.25, 0.3) is 5.91 Å². The lowest BCUT2D eigenvalue weighted by atomic mass is 9.90. The van der Waals surface area contributed by atoms with Crippen molar-refractivity contribution in [1.82, 2.24) is 5.43 Å². The monoisotopic (exact) mass is 324 g/mol. The summed E-state index contributed by atoms with van der Waals surface area (Å²) in [6.07, 6.45) is 2.95. The number of ether oxygens (including phenoxy) is 2. The SMILES string of the molecule is COc1cc(OC)cc(C(=O)N/N=C2/CCCc3ccccc32)c1. The van der Waals surface area contributed by atoms with Gasteiger partial charge in [-0.15, -0.1) is 0 Å². The summed E-state index contributed by atoms with van der Waals surface area (Å²) < 4.78 is 10.4. The van der Waals surface area contributed by atoms with Gasteiger partial charge in [-0.25, -0.2) is 5.43 Å². The summed E-state index contributed by atoms with van der Waals surface area (Å²) in [6.45, 7) is 0.